The summed E-state index contributed by atoms with van der Waals surface area (Å²) in [5.74, 6) is -1.83. The van der Waals surface area contributed by atoms with E-state index in [1.807, 2.05) is 48.5 Å². The van der Waals surface area contributed by atoms with E-state index in [1.165, 1.54) is 5.56 Å². The molecule has 0 atom stereocenters. The Morgan fingerprint density at radius 2 is 1.03 bits per heavy atom. The smallest absolute Gasteiger partial charge is 0.167 e. The van der Waals surface area contributed by atoms with Crippen molar-refractivity contribution >= 4 is 0 Å². The first-order valence-corrected chi connectivity index (χ1v) is 12.9. The summed E-state index contributed by atoms with van der Waals surface area (Å²) in [5.41, 5.74) is 5.73. The molecule has 0 unspecified atom stereocenters. The van der Waals surface area contributed by atoms with Gasteiger partial charge in [-0.25, -0.2) is 13.2 Å². The molecule has 4 aromatic carbocycles. The number of aryl methyl sites for hydroxylation is 4. The standard InChI is InChI=1S/C33H33F3/c1-3-5-7-25-13-19-28(31(34)22-25)18-12-24-10-16-27(17-11-24)30-21-20-29(32(35)33(30)36)26-14-8-23(6-4-2)9-15-26/h8-11,13-17,19-22H,3-7,12,18H2,1-2H3. The fourth-order valence-corrected chi connectivity index (χ4v) is 4.59. The van der Waals surface area contributed by atoms with Crippen molar-refractivity contribution < 1.29 is 13.2 Å². The van der Waals surface area contributed by atoms with E-state index in [0.717, 1.165) is 43.2 Å². The molecular formula is C33H33F3. The highest BCUT2D eigenvalue weighted by molar-refractivity contribution is 5.72. The van der Waals surface area contributed by atoms with Crippen LogP contribution in [0.1, 0.15) is 55.4 Å². The monoisotopic (exact) mass is 486 g/mol. The predicted molar refractivity (Wildman–Crippen MR) is 144 cm³/mol. The van der Waals surface area contributed by atoms with Gasteiger partial charge in [-0.3, -0.25) is 0 Å². The highest BCUT2D eigenvalue weighted by Gasteiger charge is 2.16. The molecule has 0 nitrogen and oxygen atoms in total. The van der Waals surface area contributed by atoms with Gasteiger partial charge < -0.3 is 0 Å². The van der Waals surface area contributed by atoms with Crippen molar-refractivity contribution in [2.45, 2.75) is 58.8 Å². The maximum Gasteiger partial charge on any atom is 0.167 e. The molecule has 0 aliphatic rings. The molecule has 4 aromatic rings. The van der Waals surface area contributed by atoms with Crippen LogP contribution in [0, 0.1) is 17.5 Å². The molecule has 36 heavy (non-hydrogen) atoms. The number of rotatable bonds is 10. The first-order chi connectivity index (χ1) is 17.5. The maximum atomic E-state index is 15.0. The second-order valence-electron chi connectivity index (χ2n) is 9.46. The zero-order chi connectivity index (χ0) is 25.5. The molecule has 0 amide bonds. The van der Waals surface area contributed by atoms with E-state index in [0.29, 0.717) is 29.5 Å². The molecule has 0 heterocycles. The van der Waals surface area contributed by atoms with Gasteiger partial charge in [0.05, 0.1) is 0 Å². The quantitative estimate of drug-likeness (QED) is 0.209. The van der Waals surface area contributed by atoms with Crippen molar-refractivity contribution in [3.8, 4) is 22.3 Å². The molecule has 186 valence electrons. The Hall–Kier alpha value is -3.33. The zero-order valence-electron chi connectivity index (χ0n) is 21.1. The Labute approximate surface area is 212 Å². The van der Waals surface area contributed by atoms with E-state index in [2.05, 4.69) is 13.8 Å². The summed E-state index contributed by atoms with van der Waals surface area (Å²) in [6.45, 7) is 4.24. The van der Waals surface area contributed by atoms with Crippen LogP contribution in [0.25, 0.3) is 22.3 Å². The third-order valence-electron chi connectivity index (χ3n) is 6.77. The SMILES string of the molecule is CCCCc1ccc(CCc2ccc(-c3ccc(-c4ccc(CCC)cc4)c(F)c3F)cc2)c(F)c1. The zero-order valence-corrected chi connectivity index (χ0v) is 21.1. The van der Waals surface area contributed by atoms with Gasteiger partial charge in [-0.05, 0) is 71.6 Å². The van der Waals surface area contributed by atoms with Crippen LogP contribution in [-0.4, -0.2) is 0 Å². The summed E-state index contributed by atoms with van der Waals surface area (Å²) in [4.78, 5) is 0. The van der Waals surface area contributed by atoms with Gasteiger partial charge in [-0.1, -0.05) is 99.5 Å². The Balaban J connectivity index is 1.45. The normalized spacial score (nSPS) is 11.1. The molecule has 0 aliphatic heterocycles. The van der Waals surface area contributed by atoms with Gasteiger partial charge in [0.15, 0.2) is 11.6 Å². The number of unbranched alkanes of at least 4 members (excludes halogenated alkanes) is 1. The van der Waals surface area contributed by atoms with Crippen molar-refractivity contribution in [3.63, 3.8) is 0 Å². The van der Waals surface area contributed by atoms with Gasteiger partial charge in [0.25, 0.3) is 0 Å². The van der Waals surface area contributed by atoms with E-state index < -0.39 is 11.6 Å². The van der Waals surface area contributed by atoms with Crippen LogP contribution < -0.4 is 0 Å². The van der Waals surface area contributed by atoms with Gasteiger partial charge in [-0.15, -0.1) is 0 Å². The number of hydrogen-bond donors (Lipinski definition) is 0. The summed E-state index contributed by atoms with van der Waals surface area (Å²) in [6, 6.07) is 23.9. The van der Waals surface area contributed by atoms with Gasteiger partial charge >= 0.3 is 0 Å². The first kappa shape index (κ1) is 25.8. The molecular weight excluding hydrogens is 453 g/mol. The third-order valence-corrected chi connectivity index (χ3v) is 6.77. The van der Waals surface area contributed by atoms with Crippen LogP contribution in [0.15, 0.2) is 78.9 Å². The van der Waals surface area contributed by atoms with Crippen LogP contribution in [-0.2, 0) is 25.7 Å². The number of halogens is 3. The second-order valence-corrected chi connectivity index (χ2v) is 9.46. The summed E-state index contributed by atoms with van der Waals surface area (Å²) >= 11 is 0. The van der Waals surface area contributed by atoms with Gasteiger partial charge in [0, 0.05) is 11.1 Å². The van der Waals surface area contributed by atoms with Crippen LogP contribution in [0.5, 0.6) is 0 Å². The van der Waals surface area contributed by atoms with Crippen molar-refractivity contribution in [2.75, 3.05) is 0 Å². The highest BCUT2D eigenvalue weighted by atomic mass is 19.2. The lowest BCUT2D eigenvalue weighted by atomic mass is 9.96. The molecule has 0 aliphatic carbocycles. The van der Waals surface area contributed by atoms with E-state index in [9.17, 15) is 8.78 Å². The highest BCUT2D eigenvalue weighted by Crippen LogP contribution is 2.32. The summed E-state index contributed by atoms with van der Waals surface area (Å²) in [6.07, 6.45) is 6.32. The lowest BCUT2D eigenvalue weighted by Crippen LogP contribution is -1.97. The Morgan fingerprint density at radius 1 is 0.500 bits per heavy atom. The fourth-order valence-electron chi connectivity index (χ4n) is 4.59. The van der Waals surface area contributed by atoms with Crippen molar-refractivity contribution in [1.29, 1.82) is 0 Å². The molecule has 0 saturated heterocycles. The van der Waals surface area contributed by atoms with Crippen LogP contribution in [0.3, 0.4) is 0 Å². The maximum absolute atomic E-state index is 15.0. The van der Waals surface area contributed by atoms with E-state index >= 15 is 4.39 Å². The average Bonchev–Trinajstić information content (AvgIpc) is 2.90. The van der Waals surface area contributed by atoms with Gasteiger partial charge in [0.2, 0.25) is 0 Å². The predicted octanol–water partition coefficient (Wildman–Crippen LogP) is 9.52. The van der Waals surface area contributed by atoms with Gasteiger partial charge in [0.1, 0.15) is 5.82 Å². The second kappa shape index (κ2) is 12.1. The minimum absolute atomic E-state index is 0.155. The third kappa shape index (κ3) is 6.07. The van der Waals surface area contributed by atoms with Crippen molar-refractivity contribution in [3.05, 3.63) is 119 Å². The summed E-state index contributed by atoms with van der Waals surface area (Å²) in [7, 11) is 0. The van der Waals surface area contributed by atoms with E-state index in [-0.39, 0.29) is 16.9 Å². The Kier molecular flexibility index (Phi) is 8.64. The molecule has 0 spiro atoms. The molecule has 0 radical (unpaired) electrons. The number of benzene rings is 4. The molecule has 0 fully saturated rings. The fraction of sp³-hybridized carbons (Fsp3) is 0.273. The molecule has 0 saturated carbocycles. The Morgan fingerprint density at radius 3 is 1.53 bits per heavy atom. The molecule has 4 rings (SSSR count). The lowest BCUT2D eigenvalue weighted by Gasteiger charge is -2.11. The molecule has 3 heteroatoms. The van der Waals surface area contributed by atoms with E-state index in [4.69, 9.17) is 0 Å². The van der Waals surface area contributed by atoms with Crippen LogP contribution in [0.2, 0.25) is 0 Å². The molecule has 0 aromatic heterocycles. The molecule has 0 bridgehead atoms. The Bertz CT molecular complexity index is 1290. The summed E-state index contributed by atoms with van der Waals surface area (Å²) in [5, 5.41) is 0. The first-order valence-electron chi connectivity index (χ1n) is 12.9. The largest absolute Gasteiger partial charge is 0.207 e. The minimum atomic E-state index is -0.844. The van der Waals surface area contributed by atoms with Crippen molar-refractivity contribution in [1.82, 2.24) is 0 Å². The van der Waals surface area contributed by atoms with E-state index in [1.54, 1.807) is 30.3 Å². The number of hydrogen-bond acceptors (Lipinski definition) is 0. The summed E-state index contributed by atoms with van der Waals surface area (Å²) < 4.78 is 44.5. The minimum Gasteiger partial charge on any atom is -0.207 e. The van der Waals surface area contributed by atoms with Crippen molar-refractivity contribution in [2.24, 2.45) is 0 Å². The topological polar surface area (TPSA) is 0 Å². The van der Waals surface area contributed by atoms with Gasteiger partial charge in [-0.2, -0.15) is 0 Å². The lowest BCUT2D eigenvalue weighted by molar-refractivity contribution is 0.514. The van der Waals surface area contributed by atoms with Crippen LogP contribution in [0.4, 0.5) is 13.2 Å². The van der Waals surface area contributed by atoms with Crippen LogP contribution >= 0.6 is 0 Å². The molecule has 0 N–H and O–H groups in total. The average molecular weight is 487 g/mol.